The van der Waals surface area contributed by atoms with Crippen molar-refractivity contribution >= 4 is 5.91 Å². The Morgan fingerprint density at radius 3 is 2.75 bits per heavy atom. The SMILES string of the molecule is Cc1nc(C)c(C(=O)N2CCCC(c3ncc(C(F)(F)F)[nH]3)C2)o1. The number of nitrogens with one attached hydrogen (secondary N) is 1. The van der Waals surface area contributed by atoms with Crippen molar-refractivity contribution in [1.82, 2.24) is 19.9 Å². The molecule has 1 N–H and O–H groups in total. The van der Waals surface area contributed by atoms with E-state index in [4.69, 9.17) is 4.42 Å². The fourth-order valence-electron chi connectivity index (χ4n) is 2.95. The van der Waals surface area contributed by atoms with Gasteiger partial charge >= 0.3 is 6.18 Å². The summed E-state index contributed by atoms with van der Waals surface area (Å²) < 4.78 is 43.4. The molecule has 2 aromatic heterocycles. The van der Waals surface area contributed by atoms with Crippen molar-refractivity contribution in [3.05, 3.63) is 35.1 Å². The number of hydrogen-bond donors (Lipinski definition) is 1. The lowest BCUT2D eigenvalue weighted by Crippen LogP contribution is -2.39. The molecule has 0 bridgehead atoms. The first-order chi connectivity index (χ1) is 11.3. The van der Waals surface area contributed by atoms with Crippen LogP contribution >= 0.6 is 0 Å². The number of hydrogen-bond acceptors (Lipinski definition) is 4. The molecule has 1 unspecified atom stereocenters. The Morgan fingerprint density at radius 2 is 2.17 bits per heavy atom. The maximum Gasteiger partial charge on any atom is 0.432 e. The zero-order valence-electron chi connectivity index (χ0n) is 13.3. The molecule has 3 heterocycles. The van der Waals surface area contributed by atoms with Crippen LogP contribution in [0.4, 0.5) is 13.2 Å². The van der Waals surface area contributed by atoms with Crippen molar-refractivity contribution in [2.45, 2.75) is 38.8 Å². The van der Waals surface area contributed by atoms with E-state index in [9.17, 15) is 18.0 Å². The molecule has 1 aliphatic heterocycles. The van der Waals surface area contributed by atoms with E-state index >= 15 is 0 Å². The van der Waals surface area contributed by atoms with E-state index in [1.165, 1.54) is 0 Å². The zero-order valence-corrected chi connectivity index (χ0v) is 13.3. The molecule has 2 aromatic rings. The first-order valence-corrected chi connectivity index (χ1v) is 7.61. The summed E-state index contributed by atoms with van der Waals surface area (Å²) in [5, 5.41) is 0. The van der Waals surface area contributed by atoms with Crippen LogP contribution in [0.5, 0.6) is 0 Å². The molecule has 130 valence electrons. The van der Waals surface area contributed by atoms with E-state index in [1.54, 1.807) is 18.7 Å². The fourth-order valence-corrected chi connectivity index (χ4v) is 2.95. The molecule has 6 nitrogen and oxygen atoms in total. The van der Waals surface area contributed by atoms with Crippen LogP contribution in [0.1, 0.15) is 52.4 Å². The van der Waals surface area contributed by atoms with Crippen molar-refractivity contribution in [3.8, 4) is 0 Å². The van der Waals surface area contributed by atoms with Crippen LogP contribution in [-0.4, -0.2) is 38.8 Å². The lowest BCUT2D eigenvalue weighted by Gasteiger charge is -2.31. The van der Waals surface area contributed by atoms with Crippen LogP contribution in [-0.2, 0) is 6.18 Å². The summed E-state index contributed by atoms with van der Waals surface area (Å²) in [4.78, 5) is 24.4. The van der Waals surface area contributed by atoms with E-state index in [1.807, 2.05) is 0 Å². The smallest absolute Gasteiger partial charge is 0.432 e. The molecule has 24 heavy (non-hydrogen) atoms. The number of amides is 1. The zero-order chi connectivity index (χ0) is 17.5. The van der Waals surface area contributed by atoms with Gasteiger partial charge in [-0.3, -0.25) is 4.79 Å². The second-order valence-electron chi connectivity index (χ2n) is 5.92. The van der Waals surface area contributed by atoms with Crippen molar-refractivity contribution in [2.24, 2.45) is 0 Å². The number of imidazole rings is 1. The number of aromatic nitrogens is 3. The van der Waals surface area contributed by atoms with Gasteiger partial charge in [-0.15, -0.1) is 0 Å². The number of nitrogens with zero attached hydrogens (tertiary/aromatic N) is 3. The number of carbonyl (C=O) groups excluding carboxylic acids is 1. The van der Waals surface area contributed by atoms with Crippen LogP contribution in [0.15, 0.2) is 10.6 Å². The predicted molar refractivity (Wildman–Crippen MR) is 77.4 cm³/mol. The molecule has 0 aliphatic carbocycles. The Kier molecular flexibility index (Phi) is 4.10. The van der Waals surface area contributed by atoms with E-state index in [2.05, 4.69) is 15.0 Å². The van der Waals surface area contributed by atoms with E-state index in [0.717, 1.165) is 6.20 Å². The van der Waals surface area contributed by atoms with Gasteiger partial charge in [0.1, 0.15) is 11.5 Å². The monoisotopic (exact) mass is 342 g/mol. The average molecular weight is 342 g/mol. The Balaban J connectivity index is 1.76. The minimum absolute atomic E-state index is 0.184. The molecule has 3 rings (SSSR count). The second kappa shape index (κ2) is 5.95. The number of likely N-dealkylation sites (tertiary alicyclic amines) is 1. The molecule has 0 radical (unpaired) electrons. The van der Waals surface area contributed by atoms with E-state index in [0.29, 0.717) is 37.5 Å². The first-order valence-electron chi connectivity index (χ1n) is 7.61. The summed E-state index contributed by atoms with van der Waals surface area (Å²) >= 11 is 0. The van der Waals surface area contributed by atoms with Gasteiger partial charge in [0.25, 0.3) is 5.91 Å². The lowest BCUT2D eigenvalue weighted by atomic mass is 9.97. The number of rotatable bonds is 2. The molecule has 1 aliphatic rings. The highest BCUT2D eigenvalue weighted by Gasteiger charge is 2.35. The largest absolute Gasteiger partial charge is 0.436 e. The third-order valence-electron chi connectivity index (χ3n) is 4.09. The second-order valence-corrected chi connectivity index (χ2v) is 5.92. The summed E-state index contributed by atoms with van der Waals surface area (Å²) in [5.41, 5.74) is -0.361. The number of halogens is 3. The van der Waals surface area contributed by atoms with Crippen LogP contribution in [0.3, 0.4) is 0 Å². The summed E-state index contributed by atoms with van der Waals surface area (Å²) in [6.07, 6.45) is -2.31. The molecule has 1 amide bonds. The van der Waals surface area contributed by atoms with Crippen LogP contribution < -0.4 is 0 Å². The van der Waals surface area contributed by atoms with E-state index in [-0.39, 0.29) is 23.4 Å². The number of carbonyl (C=O) groups is 1. The quantitative estimate of drug-likeness (QED) is 0.910. The van der Waals surface area contributed by atoms with Crippen molar-refractivity contribution in [2.75, 3.05) is 13.1 Å². The maximum absolute atomic E-state index is 12.7. The highest BCUT2D eigenvalue weighted by atomic mass is 19.4. The molecule has 0 aromatic carbocycles. The topological polar surface area (TPSA) is 75.0 Å². The number of alkyl halides is 3. The molecular weight excluding hydrogens is 325 g/mol. The van der Waals surface area contributed by atoms with Gasteiger partial charge in [-0.2, -0.15) is 13.2 Å². The molecule has 9 heteroatoms. The number of H-pyrrole nitrogens is 1. The summed E-state index contributed by atoms with van der Waals surface area (Å²) in [7, 11) is 0. The first kappa shape index (κ1) is 16.5. The molecule has 1 fully saturated rings. The summed E-state index contributed by atoms with van der Waals surface area (Å²) in [6, 6.07) is 0. The fraction of sp³-hybridized carbons (Fsp3) is 0.533. The number of oxazole rings is 1. The molecule has 0 saturated carbocycles. The maximum atomic E-state index is 12.7. The summed E-state index contributed by atoms with van der Waals surface area (Å²) in [6.45, 7) is 4.17. The Labute approximate surface area is 136 Å². The molecule has 1 saturated heterocycles. The van der Waals surface area contributed by atoms with Gasteiger partial charge in [-0.25, -0.2) is 9.97 Å². The minimum Gasteiger partial charge on any atom is -0.436 e. The minimum atomic E-state index is -4.45. The highest BCUT2D eigenvalue weighted by Crippen LogP contribution is 2.31. The van der Waals surface area contributed by atoms with Crippen molar-refractivity contribution < 1.29 is 22.4 Å². The van der Waals surface area contributed by atoms with Crippen LogP contribution in [0.25, 0.3) is 0 Å². The molecule has 1 atom stereocenters. The molecule has 0 spiro atoms. The standard InChI is InChI=1S/C15H17F3N4O2/c1-8-12(24-9(2)20-8)14(23)22-5-3-4-10(7-22)13-19-6-11(21-13)15(16,17)18/h6,10H,3-5,7H2,1-2H3,(H,19,21). The average Bonchev–Trinajstić information content (AvgIpc) is 3.13. The van der Waals surface area contributed by atoms with Crippen molar-refractivity contribution in [3.63, 3.8) is 0 Å². The number of aromatic amines is 1. The molecular formula is C15H17F3N4O2. The Hall–Kier alpha value is -2.32. The third kappa shape index (κ3) is 3.15. The normalized spacial score (nSPS) is 18.9. The Bertz CT molecular complexity index is 750. The van der Waals surface area contributed by atoms with Gasteiger partial charge in [0.05, 0.1) is 11.9 Å². The Morgan fingerprint density at radius 1 is 1.42 bits per heavy atom. The highest BCUT2D eigenvalue weighted by molar-refractivity contribution is 5.92. The van der Waals surface area contributed by atoms with Crippen LogP contribution in [0, 0.1) is 13.8 Å². The van der Waals surface area contributed by atoms with Gasteiger partial charge < -0.3 is 14.3 Å². The van der Waals surface area contributed by atoms with Gasteiger partial charge in [0.2, 0.25) is 5.76 Å². The van der Waals surface area contributed by atoms with Crippen LogP contribution in [0.2, 0.25) is 0 Å². The van der Waals surface area contributed by atoms with Crippen molar-refractivity contribution in [1.29, 1.82) is 0 Å². The summed E-state index contributed by atoms with van der Waals surface area (Å²) in [5.74, 6) is 0.294. The third-order valence-corrected chi connectivity index (χ3v) is 4.09. The van der Waals surface area contributed by atoms with Gasteiger partial charge in [0.15, 0.2) is 5.89 Å². The van der Waals surface area contributed by atoms with Gasteiger partial charge in [-0.05, 0) is 19.8 Å². The van der Waals surface area contributed by atoms with Gasteiger partial charge in [-0.1, -0.05) is 0 Å². The van der Waals surface area contributed by atoms with E-state index < -0.39 is 11.9 Å². The number of piperidine rings is 1. The lowest BCUT2D eigenvalue weighted by molar-refractivity contribution is -0.141. The predicted octanol–water partition coefficient (Wildman–Crippen LogP) is 3.05. The van der Waals surface area contributed by atoms with Gasteiger partial charge in [0, 0.05) is 25.9 Å². The number of aryl methyl sites for hydroxylation is 2.